The van der Waals surface area contributed by atoms with Crippen molar-refractivity contribution in [3.63, 3.8) is 0 Å². The van der Waals surface area contributed by atoms with Crippen molar-refractivity contribution in [2.75, 3.05) is 42.6 Å². The van der Waals surface area contributed by atoms with E-state index in [1.54, 1.807) is 17.0 Å². The molecule has 9 nitrogen and oxygen atoms in total. The third-order valence-corrected chi connectivity index (χ3v) is 10.3. The normalized spacial score (nSPS) is 27.2. The molecule has 232 valence electrons. The van der Waals surface area contributed by atoms with Crippen LogP contribution in [0.5, 0.6) is 11.8 Å². The van der Waals surface area contributed by atoms with Crippen LogP contribution in [0.4, 0.5) is 20.3 Å². The number of aliphatic hydroxyl groups excluding tert-OH is 1. The summed E-state index contributed by atoms with van der Waals surface area (Å²) in [5.74, 6) is -0.0983. The van der Waals surface area contributed by atoms with Gasteiger partial charge in [0.15, 0.2) is 0 Å². The maximum absolute atomic E-state index is 15.2. The number of halogens is 2. The van der Waals surface area contributed by atoms with Crippen LogP contribution in [0, 0.1) is 5.82 Å². The van der Waals surface area contributed by atoms with Gasteiger partial charge in [-0.25, -0.2) is 8.78 Å². The monoisotopic (exact) mass is 605 g/mol. The van der Waals surface area contributed by atoms with Crippen molar-refractivity contribution in [1.29, 1.82) is 0 Å². The first-order chi connectivity index (χ1) is 21.3. The van der Waals surface area contributed by atoms with Gasteiger partial charge in [-0.3, -0.25) is 9.69 Å². The lowest BCUT2D eigenvalue weighted by Gasteiger charge is -2.31. The molecule has 5 aliphatic rings. The maximum Gasteiger partial charge on any atom is 0.318 e. The van der Waals surface area contributed by atoms with Crippen LogP contribution < -0.4 is 14.5 Å². The van der Waals surface area contributed by atoms with Gasteiger partial charge in [-0.15, -0.1) is 0 Å². The SMILES string of the molecule is O=C1c2c(nc(OC[C@@]34CCCN3C[C@H](F)C4)nc2N2CCC[C@H](O)CC2)CN1c1cc(O)cc2ccc(F)c(C3CC3)c12. The van der Waals surface area contributed by atoms with Crippen LogP contribution >= 0.6 is 0 Å². The molecule has 2 aromatic carbocycles. The number of phenolic OH excluding ortho intramolecular Hbond substituents is 1. The molecule has 1 aromatic heterocycles. The highest BCUT2D eigenvalue weighted by Crippen LogP contribution is 2.49. The van der Waals surface area contributed by atoms with Gasteiger partial charge >= 0.3 is 6.01 Å². The summed E-state index contributed by atoms with van der Waals surface area (Å²) in [6, 6.07) is 6.36. The number of phenols is 1. The first kappa shape index (κ1) is 27.9. The molecule has 4 aliphatic heterocycles. The molecule has 3 saturated heterocycles. The summed E-state index contributed by atoms with van der Waals surface area (Å²) in [5.41, 5.74) is 1.52. The van der Waals surface area contributed by atoms with Gasteiger partial charge in [0, 0.05) is 43.1 Å². The summed E-state index contributed by atoms with van der Waals surface area (Å²) >= 11 is 0. The molecule has 0 radical (unpaired) electrons. The molecular formula is C33H37F2N5O4. The van der Waals surface area contributed by atoms with Crippen molar-refractivity contribution in [1.82, 2.24) is 14.9 Å². The van der Waals surface area contributed by atoms with Crippen LogP contribution in [0.25, 0.3) is 10.8 Å². The van der Waals surface area contributed by atoms with Gasteiger partial charge in [-0.2, -0.15) is 9.97 Å². The molecule has 0 spiro atoms. The summed E-state index contributed by atoms with van der Waals surface area (Å²) in [4.78, 5) is 29.6. The first-order valence-electron chi connectivity index (χ1n) is 15.9. The lowest BCUT2D eigenvalue weighted by molar-refractivity contribution is 0.0996. The Balaban J connectivity index is 1.20. The highest BCUT2D eigenvalue weighted by Gasteiger charge is 2.49. The van der Waals surface area contributed by atoms with Gasteiger partial charge in [0.2, 0.25) is 0 Å². The van der Waals surface area contributed by atoms with E-state index < -0.39 is 12.3 Å². The molecule has 1 saturated carbocycles. The van der Waals surface area contributed by atoms with Crippen LogP contribution in [-0.4, -0.2) is 81.6 Å². The Morgan fingerprint density at radius 1 is 1.07 bits per heavy atom. The largest absolute Gasteiger partial charge is 0.508 e. The van der Waals surface area contributed by atoms with E-state index in [0.717, 1.165) is 38.6 Å². The number of ether oxygens (including phenoxy) is 1. The average molecular weight is 606 g/mol. The van der Waals surface area contributed by atoms with Crippen LogP contribution in [0.1, 0.15) is 78.9 Å². The van der Waals surface area contributed by atoms with E-state index in [2.05, 4.69) is 4.90 Å². The van der Waals surface area contributed by atoms with E-state index >= 15 is 4.39 Å². The van der Waals surface area contributed by atoms with Gasteiger partial charge in [0.05, 0.1) is 29.6 Å². The zero-order chi connectivity index (χ0) is 30.2. The molecule has 44 heavy (non-hydrogen) atoms. The molecule has 0 unspecified atom stereocenters. The summed E-state index contributed by atoms with van der Waals surface area (Å²) in [6.07, 6.45) is 4.68. The van der Waals surface area contributed by atoms with E-state index in [9.17, 15) is 19.4 Å². The van der Waals surface area contributed by atoms with Crippen molar-refractivity contribution in [3.8, 4) is 11.8 Å². The Morgan fingerprint density at radius 2 is 1.93 bits per heavy atom. The first-order valence-corrected chi connectivity index (χ1v) is 15.9. The number of benzene rings is 2. The molecule has 1 aliphatic carbocycles. The Kier molecular flexibility index (Phi) is 6.68. The van der Waals surface area contributed by atoms with E-state index in [1.807, 2.05) is 4.90 Å². The van der Waals surface area contributed by atoms with Crippen molar-refractivity contribution >= 4 is 28.2 Å². The Morgan fingerprint density at radius 3 is 2.77 bits per heavy atom. The molecule has 3 atom stereocenters. The molecule has 4 fully saturated rings. The second-order valence-electron chi connectivity index (χ2n) is 13.3. The molecule has 1 amide bonds. The molecule has 5 heterocycles. The number of nitrogens with zero attached hydrogens (tertiary/aromatic N) is 5. The molecule has 11 heteroatoms. The summed E-state index contributed by atoms with van der Waals surface area (Å²) < 4.78 is 35.9. The third-order valence-electron chi connectivity index (χ3n) is 10.3. The Labute approximate surface area is 254 Å². The standard InChI is InChI=1S/C33H37F2N5O4/c34-21-15-33(9-2-11-39(33)16-21)18-44-32-36-25-17-40(31(43)29(25)30(37-32)38-10-1-3-22(41)8-12-38)26-14-23(42)13-20-6-7-24(35)27(28(20)26)19-4-5-19/h6-7,13-14,19,21-22,41-42H,1-5,8-12,15-18H2/t21-,22+,33+/m1/s1. The molecular weight excluding hydrogens is 568 g/mol. The van der Waals surface area contributed by atoms with Gasteiger partial charge in [0.25, 0.3) is 5.91 Å². The lowest BCUT2D eigenvalue weighted by Crippen LogP contribution is -2.43. The number of amides is 1. The zero-order valence-corrected chi connectivity index (χ0v) is 24.6. The fraction of sp³-hybridized carbons (Fsp3) is 0.545. The van der Waals surface area contributed by atoms with Crippen LogP contribution in [0.3, 0.4) is 0 Å². The zero-order valence-electron chi connectivity index (χ0n) is 24.6. The highest BCUT2D eigenvalue weighted by atomic mass is 19.1. The fourth-order valence-corrected chi connectivity index (χ4v) is 8.00. The van der Waals surface area contributed by atoms with E-state index in [4.69, 9.17) is 14.7 Å². The molecule has 3 aromatic rings. The minimum Gasteiger partial charge on any atom is -0.508 e. The predicted octanol–water partition coefficient (Wildman–Crippen LogP) is 4.82. The highest BCUT2D eigenvalue weighted by molar-refractivity contribution is 6.16. The van der Waals surface area contributed by atoms with Gasteiger partial charge in [0.1, 0.15) is 35.7 Å². The Hall–Kier alpha value is -3.57. The van der Waals surface area contributed by atoms with E-state index in [-0.39, 0.29) is 48.1 Å². The number of fused-ring (bicyclic) bond motifs is 3. The van der Waals surface area contributed by atoms with Crippen LogP contribution in [0.2, 0.25) is 0 Å². The van der Waals surface area contributed by atoms with Gasteiger partial charge < -0.3 is 24.7 Å². The van der Waals surface area contributed by atoms with Crippen molar-refractivity contribution < 1.29 is 28.5 Å². The second-order valence-corrected chi connectivity index (χ2v) is 13.3. The van der Waals surface area contributed by atoms with Crippen molar-refractivity contribution in [2.24, 2.45) is 0 Å². The third kappa shape index (κ3) is 4.67. The predicted molar refractivity (Wildman–Crippen MR) is 161 cm³/mol. The molecule has 2 N–H and O–H groups in total. The van der Waals surface area contributed by atoms with Crippen LogP contribution in [0.15, 0.2) is 24.3 Å². The average Bonchev–Trinajstić information content (AvgIpc) is 3.64. The summed E-state index contributed by atoms with van der Waals surface area (Å²) in [6.45, 7) is 2.77. The number of aliphatic hydroxyl groups is 1. The topological polar surface area (TPSA) is 102 Å². The Bertz CT molecular complexity index is 1650. The van der Waals surface area contributed by atoms with Gasteiger partial charge in [-0.05, 0) is 74.9 Å². The van der Waals surface area contributed by atoms with Crippen molar-refractivity contribution in [3.05, 3.63) is 46.9 Å². The quantitative estimate of drug-likeness (QED) is 0.413. The minimum atomic E-state index is -0.882. The number of anilines is 2. The number of aromatic nitrogens is 2. The number of carbonyl (C=O) groups is 1. The lowest BCUT2D eigenvalue weighted by atomic mass is 9.95. The van der Waals surface area contributed by atoms with Crippen LogP contribution in [-0.2, 0) is 6.54 Å². The molecule has 8 rings (SSSR count). The number of hydrogen-bond donors (Lipinski definition) is 2. The summed E-state index contributed by atoms with van der Waals surface area (Å²) in [5, 5.41) is 22.3. The number of hydrogen-bond acceptors (Lipinski definition) is 8. The van der Waals surface area contributed by atoms with Crippen molar-refractivity contribution in [2.45, 2.75) is 81.6 Å². The minimum absolute atomic E-state index is 0.00967. The fourth-order valence-electron chi connectivity index (χ4n) is 8.00. The number of carbonyl (C=O) groups excluding carboxylic acids is 1. The summed E-state index contributed by atoms with van der Waals surface area (Å²) in [7, 11) is 0. The van der Waals surface area contributed by atoms with E-state index in [1.165, 1.54) is 12.1 Å². The second kappa shape index (κ2) is 10.5. The number of aromatic hydroxyl groups is 1. The smallest absolute Gasteiger partial charge is 0.318 e. The number of rotatable bonds is 6. The maximum atomic E-state index is 15.2. The number of alkyl halides is 1. The molecule has 0 bridgehead atoms. The van der Waals surface area contributed by atoms with E-state index in [0.29, 0.717) is 78.0 Å². The van der Waals surface area contributed by atoms with Gasteiger partial charge in [-0.1, -0.05) is 6.07 Å².